The molecule has 1 saturated carbocycles. The zero-order valence-electron chi connectivity index (χ0n) is 13.5. The van der Waals surface area contributed by atoms with Crippen LogP contribution in [0, 0.1) is 5.41 Å². The van der Waals surface area contributed by atoms with Gasteiger partial charge in [0, 0.05) is 35.7 Å². The van der Waals surface area contributed by atoms with Crippen molar-refractivity contribution in [2.24, 2.45) is 5.41 Å². The maximum atomic E-state index is 12.6. The monoisotopic (exact) mass is 316 g/mol. The second-order valence-electron chi connectivity index (χ2n) is 6.93. The Morgan fingerprint density at radius 1 is 1.43 bits per heavy atom. The molecular weight excluding hydrogens is 292 g/mol. The van der Waals surface area contributed by atoms with E-state index in [9.17, 15) is 14.7 Å². The van der Waals surface area contributed by atoms with E-state index in [1.807, 2.05) is 19.1 Å². The van der Waals surface area contributed by atoms with Gasteiger partial charge in [-0.05, 0) is 37.5 Å². The van der Waals surface area contributed by atoms with Gasteiger partial charge in [-0.1, -0.05) is 19.4 Å². The summed E-state index contributed by atoms with van der Waals surface area (Å²) in [4.78, 5) is 26.2. The molecule has 2 fully saturated rings. The number of carbonyl (C=O) groups is 2. The van der Waals surface area contributed by atoms with Crippen LogP contribution < -0.4 is 10.2 Å². The van der Waals surface area contributed by atoms with Gasteiger partial charge in [-0.15, -0.1) is 0 Å². The summed E-state index contributed by atoms with van der Waals surface area (Å²) in [5.74, 6) is -0.0173. The van der Waals surface area contributed by atoms with Crippen molar-refractivity contribution in [3.05, 3.63) is 29.8 Å². The Bertz CT molecular complexity index is 616. The van der Waals surface area contributed by atoms with Crippen LogP contribution in [-0.4, -0.2) is 36.1 Å². The molecule has 3 rings (SSSR count). The number of benzene rings is 1. The fraction of sp³-hybridized carbons (Fsp3) is 0.556. The minimum absolute atomic E-state index is 0.00271. The van der Waals surface area contributed by atoms with Gasteiger partial charge in [0.1, 0.15) is 0 Å². The number of hydrogen-bond acceptors (Lipinski definition) is 3. The highest BCUT2D eigenvalue weighted by molar-refractivity contribution is 5.99. The lowest BCUT2D eigenvalue weighted by atomic mass is 9.85. The number of hydrogen-bond donors (Lipinski definition) is 2. The van der Waals surface area contributed by atoms with E-state index in [-0.39, 0.29) is 29.9 Å². The minimum Gasteiger partial charge on any atom is -0.396 e. The highest BCUT2D eigenvalue weighted by Gasteiger charge is 2.39. The van der Waals surface area contributed by atoms with Gasteiger partial charge >= 0.3 is 0 Å². The lowest BCUT2D eigenvalue weighted by Crippen LogP contribution is -2.44. The molecule has 5 nitrogen and oxygen atoms in total. The molecule has 124 valence electrons. The van der Waals surface area contributed by atoms with Crippen molar-refractivity contribution in [3.63, 3.8) is 0 Å². The highest BCUT2D eigenvalue weighted by atomic mass is 16.3. The van der Waals surface area contributed by atoms with Gasteiger partial charge in [0.05, 0.1) is 6.61 Å². The van der Waals surface area contributed by atoms with Crippen LogP contribution in [0.15, 0.2) is 24.3 Å². The number of aliphatic hydroxyl groups is 1. The first-order valence-corrected chi connectivity index (χ1v) is 8.36. The summed E-state index contributed by atoms with van der Waals surface area (Å²) in [6, 6.07) is 7.23. The van der Waals surface area contributed by atoms with Crippen LogP contribution in [0.2, 0.25) is 0 Å². The van der Waals surface area contributed by atoms with Gasteiger partial charge in [-0.3, -0.25) is 9.59 Å². The first kappa shape index (κ1) is 16.0. The topological polar surface area (TPSA) is 69.6 Å². The van der Waals surface area contributed by atoms with Gasteiger partial charge in [0.25, 0.3) is 5.91 Å². The largest absolute Gasteiger partial charge is 0.396 e. The molecule has 1 aromatic carbocycles. The van der Waals surface area contributed by atoms with Crippen LogP contribution in [0.5, 0.6) is 0 Å². The maximum absolute atomic E-state index is 12.6. The molecule has 1 aliphatic carbocycles. The smallest absolute Gasteiger partial charge is 0.251 e. The molecule has 1 aromatic rings. The number of nitrogens with zero attached hydrogens (tertiary/aromatic N) is 1. The number of amides is 2. The Hall–Kier alpha value is -1.88. The van der Waals surface area contributed by atoms with Crippen molar-refractivity contribution < 1.29 is 14.7 Å². The van der Waals surface area contributed by atoms with E-state index in [1.54, 1.807) is 17.0 Å². The summed E-state index contributed by atoms with van der Waals surface area (Å²) < 4.78 is 0. The van der Waals surface area contributed by atoms with Crippen molar-refractivity contribution in [1.82, 2.24) is 5.32 Å². The van der Waals surface area contributed by atoms with Gasteiger partial charge in [-0.25, -0.2) is 0 Å². The van der Waals surface area contributed by atoms with E-state index in [4.69, 9.17) is 0 Å². The second-order valence-corrected chi connectivity index (χ2v) is 6.93. The molecule has 0 aromatic heterocycles. The average molecular weight is 316 g/mol. The summed E-state index contributed by atoms with van der Waals surface area (Å²) in [5, 5.41) is 12.7. The standard InChI is InChI=1S/C18H24N2O3/c1-18(12-21)9-3-7-15(18)19-17(23)13-5-2-6-14(11-13)20-10-4-8-16(20)22/h2,5-6,11,15,21H,3-4,7-10,12H2,1H3,(H,19,23). The molecule has 23 heavy (non-hydrogen) atoms. The Balaban J connectivity index is 1.74. The third kappa shape index (κ3) is 3.11. The first-order valence-electron chi connectivity index (χ1n) is 8.36. The van der Waals surface area contributed by atoms with Crippen LogP contribution in [-0.2, 0) is 4.79 Å². The minimum atomic E-state index is -0.238. The van der Waals surface area contributed by atoms with Gasteiger partial charge in [-0.2, -0.15) is 0 Å². The summed E-state index contributed by atoms with van der Waals surface area (Å²) in [6.45, 7) is 2.82. The Morgan fingerprint density at radius 2 is 2.26 bits per heavy atom. The van der Waals surface area contributed by atoms with Gasteiger partial charge in [0.15, 0.2) is 0 Å². The van der Waals surface area contributed by atoms with Crippen molar-refractivity contribution in [2.75, 3.05) is 18.1 Å². The van der Waals surface area contributed by atoms with Crippen molar-refractivity contribution in [2.45, 2.75) is 45.1 Å². The molecule has 2 amide bonds. The number of aliphatic hydroxyl groups excluding tert-OH is 1. The normalized spacial score (nSPS) is 27.5. The van der Waals surface area contributed by atoms with E-state index in [0.717, 1.165) is 37.9 Å². The van der Waals surface area contributed by atoms with Crippen molar-refractivity contribution in [3.8, 4) is 0 Å². The Kier molecular flexibility index (Phi) is 4.39. The predicted molar refractivity (Wildman–Crippen MR) is 88.3 cm³/mol. The Labute approximate surface area is 136 Å². The van der Waals surface area contributed by atoms with Gasteiger partial charge < -0.3 is 15.3 Å². The Morgan fingerprint density at radius 3 is 2.96 bits per heavy atom. The lowest BCUT2D eigenvalue weighted by Gasteiger charge is -2.30. The van der Waals surface area contributed by atoms with E-state index in [2.05, 4.69) is 5.32 Å². The fourth-order valence-corrected chi connectivity index (χ4v) is 3.65. The number of nitrogens with one attached hydrogen (secondary N) is 1. The molecule has 0 spiro atoms. The molecule has 2 unspecified atom stereocenters. The van der Waals surface area contributed by atoms with Gasteiger partial charge in [0.2, 0.25) is 5.91 Å². The lowest BCUT2D eigenvalue weighted by molar-refractivity contribution is -0.117. The SMILES string of the molecule is CC1(CO)CCCC1NC(=O)c1cccc(N2CCCC2=O)c1. The summed E-state index contributed by atoms with van der Waals surface area (Å²) in [6.07, 6.45) is 4.29. The van der Waals surface area contributed by atoms with Crippen molar-refractivity contribution in [1.29, 1.82) is 0 Å². The van der Waals surface area contributed by atoms with Crippen LogP contribution in [0.4, 0.5) is 5.69 Å². The highest BCUT2D eigenvalue weighted by Crippen LogP contribution is 2.37. The van der Waals surface area contributed by atoms with E-state index in [0.29, 0.717) is 12.0 Å². The van der Waals surface area contributed by atoms with Crippen LogP contribution >= 0.6 is 0 Å². The van der Waals surface area contributed by atoms with Crippen LogP contribution in [0.25, 0.3) is 0 Å². The maximum Gasteiger partial charge on any atom is 0.251 e. The summed E-state index contributed by atoms with van der Waals surface area (Å²) >= 11 is 0. The second kappa shape index (κ2) is 6.32. The molecule has 1 saturated heterocycles. The molecule has 2 atom stereocenters. The van der Waals surface area contributed by atoms with Crippen LogP contribution in [0.1, 0.15) is 49.4 Å². The fourth-order valence-electron chi connectivity index (χ4n) is 3.65. The number of carbonyl (C=O) groups excluding carboxylic acids is 2. The molecule has 1 heterocycles. The molecular formula is C18H24N2O3. The van der Waals surface area contributed by atoms with E-state index in [1.165, 1.54) is 0 Å². The van der Waals surface area contributed by atoms with Crippen LogP contribution in [0.3, 0.4) is 0 Å². The molecule has 0 bridgehead atoms. The molecule has 1 aliphatic heterocycles. The first-order chi connectivity index (χ1) is 11.0. The quantitative estimate of drug-likeness (QED) is 0.893. The predicted octanol–water partition coefficient (Wildman–Crippen LogP) is 2.09. The third-order valence-electron chi connectivity index (χ3n) is 5.24. The zero-order chi connectivity index (χ0) is 16.4. The van der Waals surface area contributed by atoms with E-state index < -0.39 is 0 Å². The number of anilines is 1. The molecule has 2 aliphatic rings. The van der Waals surface area contributed by atoms with Crippen molar-refractivity contribution >= 4 is 17.5 Å². The number of rotatable bonds is 4. The molecule has 5 heteroatoms. The summed E-state index contributed by atoms with van der Waals surface area (Å²) in [7, 11) is 0. The summed E-state index contributed by atoms with van der Waals surface area (Å²) in [5.41, 5.74) is 1.11. The van der Waals surface area contributed by atoms with E-state index >= 15 is 0 Å². The molecule has 0 radical (unpaired) electrons. The average Bonchev–Trinajstić information content (AvgIpc) is 3.14. The molecule has 2 N–H and O–H groups in total. The zero-order valence-corrected chi connectivity index (χ0v) is 13.5. The third-order valence-corrected chi connectivity index (χ3v) is 5.24.